The van der Waals surface area contributed by atoms with Crippen molar-refractivity contribution in [2.24, 2.45) is 0 Å². The minimum Gasteiger partial charge on any atom is -0.376 e. The summed E-state index contributed by atoms with van der Waals surface area (Å²) in [6.45, 7) is 3.12. The van der Waals surface area contributed by atoms with Gasteiger partial charge in [-0.1, -0.05) is 60.2 Å². The molecule has 0 aliphatic carbocycles. The Balaban J connectivity index is 1.71. The lowest BCUT2D eigenvalue weighted by atomic mass is 10.1. The van der Waals surface area contributed by atoms with Crippen molar-refractivity contribution in [2.75, 3.05) is 13.2 Å². The van der Waals surface area contributed by atoms with Gasteiger partial charge in [0.1, 0.15) is 5.70 Å². The van der Waals surface area contributed by atoms with Crippen LogP contribution < -0.4 is 10.6 Å². The monoisotopic (exact) mass is 390 g/mol. The maximum atomic E-state index is 12.7. The van der Waals surface area contributed by atoms with Gasteiger partial charge in [-0.3, -0.25) is 9.59 Å². The molecule has 5 heteroatoms. The summed E-state index contributed by atoms with van der Waals surface area (Å²) in [6.07, 6.45) is 7.23. The van der Waals surface area contributed by atoms with Crippen molar-refractivity contribution in [2.45, 2.75) is 25.9 Å². The van der Waals surface area contributed by atoms with Crippen LogP contribution in [0.2, 0.25) is 0 Å². The summed E-state index contributed by atoms with van der Waals surface area (Å²) >= 11 is 0. The Morgan fingerprint density at radius 2 is 1.86 bits per heavy atom. The van der Waals surface area contributed by atoms with Gasteiger partial charge in [0.2, 0.25) is 0 Å². The Morgan fingerprint density at radius 1 is 1.10 bits per heavy atom. The van der Waals surface area contributed by atoms with Gasteiger partial charge in [0, 0.05) is 18.7 Å². The van der Waals surface area contributed by atoms with Crippen LogP contribution in [-0.2, 0) is 9.53 Å². The third kappa shape index (κ3) is 6.43. The van der Waals surface area contributed by atoms with Crippen molar-refractivity contribution >= 4 is 17.9 Å². The molecule has 1 aliphatic rings. The second-order valence-corrected chi connectivity index (χ2v) is 7.02. The number of amides is 2. The van der Waals surface area contributed by atoms with E-state index in [2.05, 4.69) is 10.6 Å². The molecule has 2 amide bonds. The van der Waals surface area contributed by atoms with Crippen LogP contribution in [0.3, 0.4) is 0 Å². The van der Waals surface area contributed by atoms with Crippen LogP contribution in [0, 0.1) is 6.92 Å². The summed E-state index contributed by atoms with van der Waals surface area (Å²) in [5.74, 6) is -0.657. The summed E-state index contributed by atoms with van der Waals surface area (Å²) in [5, 5.41) is 5.59. The maximum absolute atomic E-state index is 12.7. The first-order valence-electron chi connectivity index (χ1n) is 9.83. The summed E-state index contributed by atoms with van der Waals surface area (Å²) in [4.78, 5) is 25.3. The van der Waals surface area contributed by atoms with Gasteiger partial charge < -0.3 is 15.4 Å². The Hall–Kier alpha value is -3.18. The fourth-order valence-corrected chi connectivity index (χ4v) is 3.00. The third-order valence-electron chi connectivity index (χ3n) is 4.67. The number of aryl methyl sites for hydroxylation is 1. The zero-order valence-corrected chi connectivity index (χ0v) is 16.6. The summed E-state index contributed by atoms with van der Waals surface area (Å²) in [6, 6.07) is 17.0. The van der Waals surface area contributed by atoms with Crippen molar-refractivity contribution in [3.63, 3.8) is 0 Å². The van der Waals surface area contributed by atoms with Crippen molar-refractivity contribution < 1.29 is 14.3 Å². The molecule has 1 aliphatic heterocycles. The molecule has 1 unspecified atom stereocenters. The smallest absolute Gasteiger partial charge is 0.267 e. The van der Waals surface area contributed by atoms with Crippen LogP contribution in [0.1, 0.15) is 34.3 Å². The highest BCUT2D eigenvalue weighted by molar-refractivity contribution is 6.03. The first-order valence-corrected chi connectivity index (χ1v) is 9.83. The fourth-order valence-electron chi connectivity index (χ4n) is 3.00. The van der Waals surface area contributed by atoms with E-state index in [0.29, 0.717) is 12.1 Å². The molecule has 150 valence electrons. The second kappa shape index (κ2) is 10.4. The summed E-state index contributed by atoms with van der Waals surface area (Å²) < 4.78 is 5.55. The third-order valence-corrected chi connectivity index (χ3v) is 4.67. The van der Waals surface area contributed by atoms with Crippen LogP contribution in [0.4, 0.5) is 0 Å². The highest BCUT2D eigenvalue weighted by Crippen LogP contribution is 2.11. The molecule has 1 heterocycles. The molecule has 0 bridgehead atoms. The number of rotatable bonds is 7. The number of allylic oxidation sites excluding steroid dienone is 2. The zero-order valence-electron chi connectivity index (χ0n) is 16.6. The predicted molar refractivity (Wildman–Crippen MR) is 114 cm³/mol. The van der Waals surface area contributed by atoms with E-state index in [1.807, 2.05) is 55.5 Å². The lowest BCUT2D eigenvalue weighted by Gasteiger charge is -2.13. The van der Waals surface area contributed by atoms with Gasteiger partial charge in [-0.25, -0.2) is 0 Å². The highest BCUT2D eigenvalue weighted by atomic mass is 16.5. The van der Waals surface area contributed by atoms with Gasteiger partial charge >= 0.3 is 0 Å². The molecule has 2 N–H and O–H groups in total. The van der Waals surface area contributed by atoms with E-state index >= 15 is 0 Å². The lowest BCUT2D eigenvalue weighted by molar-refractivity contribution is -0.118. The molecule has 2 aromatic rings. The van der Waals surface area contributed by atoms with Crippen LogP contribution in [0.5, 0.6) is 0 Å². The van der Waals surface area contributed by atoms with Gasteiger partial charge in [0.15, 0.2) is 0 Å². The Bertz CT molecular complexity index is 880. The Labute approximate surface area is 171 Å². The van der Waals surface area contributed by atoms with Crippen LogP contribution in [-0.4, -0.2) is 31.1 Å². The number of hydrogen-bond donors (Lipinski definition) is 2. The van der Waals surface area contributed by atoms with Crippen molar-refractivity contribution in [1.29, 1.82) is 0 Å². The van der Waals surface area contributed by atoms with Crippen molar-refractivity contribution in [3.8, 4) is 0 Å². The molecule has 5 nitrogen and oxygen atoms in total. The summed E-state index contributed by atoms with van der Waals surface area (Å²) in [5.41, 5.74) is 2.77. The average molecular weight is 390 g/mol. The fraction of sp³-hybridized carbons (Fsp3) is 0.250. The molecule has 0 radical (unpaired) electrons. The second-order valence-electron chi connectivity index (χ2n) is 7.02. The molecule has 1 atom stereocenters. The van der Waals surface area contributed by atoms with Crippen molar-refractivity contribution in [1.82, 2.24) is 10.6 Å². The van der Waals surface area contributed by atoms with Crippen LogP contribution in [0.15, 0.2) is 72.4 Å². The zero-order chi connectivity index (χ0) is 20.5. The first-order chi connectivity index (χ1) is 14.1. The van der Waals surface area contributed by atoms with Gasteiger partial charge in [-0.15, -0.1) is 0 Å². The largest absolute Gasteiger partial charge is 0.376 e. The minimum atomic E-state index is -0.335. The van der Waals surface area contributed by atoms with Crippen molar-refractivity contribution in [3.05, 3.63) is 89.1 Å². The van der Waals surface area contributed by atoms with Crippen LogP contribution >= 0.6 is 0 Å². The lowest BCUT2D eigenvalue weighted by Crippen LogP contribution is -2.38. The molecular formula is C24H26N2O3. The van der Waals surface area contributed by atoms with Crippen LogP contribution in [0.25, 0.3) is 6.08 Å². The summed E-state index contributed by atoms with van der Waals surface area (Å²) in [7, 11) is 0. The molecule has 0 spiro atoms. The molecule has 1 saturated heterocycles. The molecular weight excluding hydrogens is 364 g/mol. The molecule has 0 saturated carbocycles. The first kappa shape index (κ1) is 20.6. The molecule has 3 rings (SSSR count). The molecule has 1 fully saturated rings. The van der Waals surface area contributed by atoms with E-state index in [0.717, 1.165) is 30.6 Å². The average Bonchev–Trinajstić information content (AvgIpc) is 3.26. The topological polar surface area (TPSA) is 67.4 Å². The Morgan fingerprint density at radius 3 is 2.55 bits per heavy atom. The normalized spacial score (nSPS) is 16.7. The van der Waals surface area contributed by atoms with E-state index in [1.165, 1.54) is 0 Å². The number of carbonyl (C=O) groups excluding carboxylic acids is 2. The standard InChI is InChI=1S/C24H26N2O3/c1-18-12-14-20(15-13-18)23(27)26-22(11-5-9-19-7-3-2-4-8-19)24(28)25-17-21-10-6-16-29-21/h2-5,7-9,11-15,21H,6,10,16-17H2,1H3,(H,25,28)(H,26,27)/b9-5-,22-11+. The molecule has 2 aromatic carbocycles. The number of ether oxygens (including phenoxy) is 1. The van der Waals surface area contributed by atoms with Gasteiger partial charge in [-0.05, 0) is 43.5 Å². The van der Waals surface area contributed by atoms with Gasteiger partial charge in [0.25, 0.3) is 11.8 Å². The predicted octanol–water partition coefficient (Wildman–Crippen LogP) is 3.62. The van der Waals surface area contributed by atoms with E-state index in [4.69, 9.17) is 4.74 Å². The van der Waals surface area contributed by atoms with Gasteiger partial charge in [0.05, 0.1) is 6.10 Å². The van der Waals surface area contributed by atoms with E-state index < -0.39 is 0 Å². The highest BCUT2D eigenvalue weighted by Gasteiger charge is 2.18. The van der Waals surface area contributed by atoms with E-state index in [9.17, 15) is 9.59 Å². The number of benzene rings is 2. The number of nitrogens with one attached hydrogen (secondary N) is 2. The Kier molecular flexibility index (Phi) is 7.36. The number of hydrogen-bond acceptors (Lipinski definition) is 3. The number of carbonyl (C=O) groups is 2. The quantitative estimate of drug-likeness (QED) is 0.561. The van der Waals surface area contributed by atoms with E-state index in [1.54, 1.807) is 24.3 Å². The maximum Gasteiger partial charge on any atom is 0.267 e. The molecule has 0 aromatic heterocycles. The van der Waals surface area contributed by atoms with Gasteiger partial charge in [-0.2, -0.15) is 0 Å². The SMILES string of the molecule is Cc1ccc(C(=O)N/C(=C/C=C\c2ccccc2)C(=O)NCC2CCCO2)cc1. The molecule has 29 heavy (non-hydrogen) atoms. The van der Waals surface area contributed by atoms with E-state index in [-0.39, 0.29) is 23.6 Å². The minimum absolute atomic E-state index is 0.0351.